The van der Waals surface area contributed by atoms with Gasteiger partial charge < -0.3 is 10.0 Å². The number of carboxylic acid groups (broad SMARTS) is 1. The molecule has 4 heteroatoms. The molecule has 1 aromatic carbocycles. The van der Waals surface area contributed by atoms with E-state index < -0.39 is 5.97 Å². The fraction of sp³-hybridized carbons (Fsp3) is 0.500. The van der Waals surface area contributed by atoms with E-state index in [1.165, 1.54) is 4.90 Å². The normalized spacial score (nSPS) is 11.9. The SMILES string of the molecule is CCCCC(C)C(=O)N(CC(=O)O)Cc1ccccc1. The fourth-order valence-corrected chi connectivity index (χ4v) is 2.12. The summed E-state index contributed by atoms with van der Waals surface area (Å²) in [5, 5.41) is 8.97. The average Bonchev–Trinajstić information content (AvgIpc) is 2.44. The molecule has 1 atom stereocenters. The number of rotatable bonds is 8. The van der Waals surface area contributed by atoms with Crippen LogP contribution in [0.15, 0.2) is 30.3 Å². The first-order chi connectivity index (χ1) is 9.54. The molecule has 1 rings (SSSR count). The minimum absolute atomic E-state index is 0.0790. The minimum atomic E-state index is -0.975. The largest absolute Gasteiger partial charge is 0.480 e. The van der Waals surface area contributed by atoms with Crippen molar-refractivity contribution in [3.05, 3.63) is 35.9 Å². The summed E-state index contributed by atoms with van der Waals surface area (Å²) in [6, 6.07) is 9.48. The van der Waals surface area contributed by atoms with Crippen molar-refractivity contribution in [1.82, 2.24) is 4.90 Å². The van der Waals surface area contributed by atoms with Gasteiger partial charge in [-0.3, -0.25) is 9.59 Å². The molecule has 1 aromatic rings. The van der Waals surface area contributed by atoms with Crippen LogP contribution in [-0.4, -0.2) is 28.4 Å². The van der Waals surface area contributed by atoms with Gasteiger partial charge in [0.2, 0.25) is 5.91 Å². The second-order valence-corrected chi connectivity index (χ2v) is 5.12. The fourth-order valence-electron chi connectivity index (χ4n) is 2.12. The van der Waals surface area contributed by atoms with E-state index in [-0.39, 0.29) is 18.4 Å². The van der Waals surface area contributed by atoms with E-state index in [0.29, 0.717) is 6.54 Å². The van der Waals surface area contributed by atoms with Crippen molar-refractivity contribution in [2.24, 2.45) is 5.92 Å². The van der Waals surface area contributed by atoms with Gasteiger partial charge in [-0.05, 0) is 12.0 Å². The van der Waals surface area contributed by atoms with E-state index in [9.17, 15) is 9.59 Å². The molecular weight excluding hydrogens is 254 g/mol. The lowest BCUT2D eigenvalue weighted by atomic mass is 10.0. The van der Waals surface area contributed by atoms with Crippen LogP contribution in [-0.2, 0) is 16.1 Å². The number of carbonyl (C=O) groups is 2. The van der Waals surface area contributed by atoms with Crippen LogP contribution < -0.4 is 0 Å². The number of carbonyl (C=O) groups excluding carboxylic acids is 1. The van der Waals surface area contributed by atoms with Crippen molar-refractivity contribution in [2.75, 3.05) is 6.54 Å². The monoisotopic (exact) mass is 277 g/mol. The summed E-state index contributed by atoms with van der Waals surface area (Å²) >= 11 is 0. The number of hydrogen-bond donors (Lipinski definition) is 1. The molecule has 1 unspecified atom stereocenters. The first kappa shape index (κ1) is 16.2. The van der Waals surface area contributed by atoms with E-state index in [0.717, 1.165) is 24.8 Å². The summed E-state index contributed by atoms with van der Waals surface area (Å²) in [7, 11) is 0. The zero-order valence-electron chi connectivity index (χ0n) is 12.2. The highest BCUT2D eigenvalue weighted by molar-refractivity contribution is 5.82. The topological polar surface area (TPSA) is 57.6 Å². The van der Waals surface area contributed by atoms with Crippen molar-refractivity contribution in [2.45, 2.75) is 39.7 Å². The third-order valence-electron chi connectivity index (χ3n) is 3.27. The number of carboxylic acids is 1. The molecule has 0 bridgehead atoms. The summed E-state index contributed by atoms with van der Waals surface area (Å²) in [5.41, 5.74) is 0.949. The number of nitrogens with zero attached hydrogens (tertiary/aromatic N) is 1. The highest BCUT2D eigenvalue weighted by Gasteiger charge is 2.22. The standard InChI is InChI=1S/C16H23NO3/c1-3-4-8-13(2)16(20)17(12-15(18)19)11-14-9-6-5-7-10-14/h5-7,9-10,13H,3-4,8,11-12H2,1-2H3,(H,18,19). The molecule has 4 nitrogen and oxygen atoms in total. The molecule has 0 aliphatic carbocycles. The zero-order chi connectivity index (χ0) is 15.0. The van der Waals surface area contributed by atoms with E-state index in [1.54, 1.807) is 0 Å². The Balaban J connectivity index is 2.72. The van der Waals surface area contributed by atoms with Gasteiger partial charge in [0.1, 0.15) is 6.54 Å². The maximum atomic E-state index is 12.4. The van der Waals surface area contributed by atoms with Crippen molar-refractivity contribution in [3.63, 3.8) is 0 Å². The minimum Gasteiger partial charge on any atom is -0.480 e. The Labute approximate surface area is 120 Å². The van der Waals surface area contributed by atoms with Crippen molar-refractivity contribution < 1.29 is 14.7 Å². The Morgan fingerprint density at radius 1 is 1.25 bits per heavy atom. The molecule has 0 aliphatic heterocycles. The van der Waals surface area contributed by atoms with Gasteiger partial charge in [0, 0.05) is 12.5 Å². The summed E-state index contributed by atoms with van der Waals surface area (Å²) < 4.78 is 0. The Bertz CT molecular complexity index is 431. The van der Waals surface area contributed by atoms with Gasteiger partial charge in [-0.25, -0.2) is 0 Å². The molecule has 0 spiro atoms. The number of unbranched alkanes of at least 4 members (excludes halogenated alkanes) is 1. The van der Waals surface area contributed by atoms with Gasteiger partial charge >= 0.3 is 5.97 Å². The van der Waals surface area contributed by atoms with Gasteiger partial charge in [-0.15, -0.1) is 0 Å². The number of aliphatic carboxylic acids is 1. The van der Waals surface area contributed by atoms with Gasteiger partial charge in [-0.1, -0.05) is 57.0 Å². The first-order valence-corrected chi connectivity index (χ1v) is 7.09. The molecule has 1 amide bonds. The molecule has 0 heterocycles. The molecule has 0 aliphatic rings. The Morgan fingerprint density at radius 3 is 2.45 bits per heavy atom. The Kier molecular flexibility index (Phi) is 6.77. The third-order valence-corrected chi connectivity index (χ3v) is 3.27. The number of benzene rings is 1. The van der Waals surface area contributed by atoms with Crippen LogP contribution in [0.25, 0.3) is 0 Å². The van der Waals surface area contributed by atoms with Crippen molar-refractivity contribution >= 4 is 11.9 Å². The number of hydrogen-bond acceptors (Lipinski definition) is 2. The molecule has 1 N–H and O–H groups in total. The maximum Gasteiger partial charge on any atom is 0.323 e. The molecular formula is C16H23NO3. The van der Waals surface area contributed by atoms with Crippen molar-refractivity contribution in [1.29, 1.82) is 0 Å². The molecule has 0 saturated heterocycles. The second-order valence-electron chi connectivity index (χ2n) is 5.12. The molecule has 0 aromatic heterocycles. The maximum absolute atomic E-state index is 12.4. The molecule has 110 valence electrons. The van der Waals surface area contributed by atoms with E-state index in [1.807, 2.05) is 37.3 Å². The summed E-state index contributed by atoms with van der Waals surface area (Å²) in [6.07, 6.45) is 2.83. The molecule has 0 radical (unpaired) electrons. The van der Waals surface area contributed by atoms with Crippen LogP contribution in [0.1, 0.15) is 38.7 Å². The van der Waals surface area contributed by atoms with Gasteiger partial charge in [0.15, 0.2) is 0 Å². The molecule has 0 fully saturated rings. The third kappa shape index (κ3) is 5.43. The quantitative estimate of drug-likeness (QED) is 0.795. The predicted octanol–water partition coefficient (Wildman–Crippen LogP) is 2.93. The predicted molar refractivity (Wildman–Crippen MR) is 78.2 cm³/mol. The first-order valence-electron chi connectivity index (χ1n) is 7.09. The van der Waals surface area contributed by atoms with Crippen LogP contribution >= 0.6 is 0 Å². The Hall–Kier alpha value is -1.84. The summed E-state index contributed by atoms with van der Waals surface area (Å²) in [5.74, 6) is -1.18. The summed E-state index contributed by atoms with van der Waals surface area (Å²) in [6.45, 7) is 4.06. The van der Waals surface area contributed by atoms with Gasteiger partial charge in [0.05, 0.1) is 0 Å². The van der Waals surface area contributed by atoms with Crippen LogP contribution in [0.5, 0.6) is 0 Å². The van der Waals surface area contributed by atoms with Crippen LogP contribution in [0.4, 0.5) is 0 Å². The van der Waals surface area contributed by atoms with Crippen molar-refractivity contribution in [3.8, 4) is 0 Å². The van der Waals surface area contributed by atoms with Crippen LogP contribution in [0.3, 0.4) is 0 Å². The Morgan fingerprint density at radius 2 is 1.90 bits per heavy atom. The van der Waals surface area contributed by atoms with Gasteiger partial charge in [-0.2, -0.15) is 0 Å². The lowest BCUT2D eigenvalue weighted by Gasteiger charge is -2.24. The van der Waals surface area contributed by atoms with Crippen LogP contribution in [0, 0.1) is 5.92 Å². The smallest absolute Gasteiger partial charge is 0.323 e. The van der Waals surface area contributed by atoms with E-state index in [2.05, 4.69) is 6.92 Å². The second kappa shape index (κ2) is 8.35. The highest BCUT2D eigenvalue weighted by atomic mass is 16.4. The lowest BCUT2D eigenvalue weighted by molar-refractivity contribution is -0.146. The highest BCUT2D eigenvalue weighted by Crippen LogP contribution is 2.14. The number of amides is 1. The summed E-state index contributed by atoms with van der Waals surface area (Å²) in [4.78, 5) is 24.7. The van der Waals surface area contributed by atoms with E-state index >= 15 is 0 Å². The lowest BCUT2D eigenvalue weighted by Crippen LogP contribution is -2.38. The molecule has 0 saturated carbocycles. The van der Waals surface area contributed by atoms with Crippen LogP contribution in [0.2, 0.25) is 0 Å². The van der Waals surface area contributed by atoms with E-state index in [4.69, 9.17) is 5.11 Å². The van der Waals surface area contributed by atoms with Gasteiger partial charge in [0.25, 0.3) is 0 Å². The zero-order valence-corrected chi connectivity index (χ0v) is 12.2. The average molecular weight is 277 g/mol. The molecule has 20 heavy (non-hydrogen) atoms.